The number of hydrogen-bond donors (Lipinski definition) is 1. The van der Waals surface area contributed by atoms with Gasteiger partial charge in [-0.3, -0.25) is 24.4 Å². The molecule has 11 heteroatoms. The second-order valence-electron chi connectivity index (χ2n) is 9.09. The summed E-state index contributed by atoms with van der Waals surface area (Å²) in [5.74, 6) is -1.35. The zero-order valence-electron chi connectivity index (χ0n) is 21.1. The molecule has 0 radical (unpaired) electrons. The van der Waals surface area contributed by atoms with Crippen LogP contribution >= 0.6 is 11.8 Å². The van der Waals surface area contributed by atoms with E-state index in [1.165, 1.54) is 29.7 Å². The van der Waals surface area contributed by atoms with Crippen molar-refractivity contribution in [1.29, 1.82) is 0 Å². The topological polar surface area (TPSA) is 127 Å². The van der Waals surface area contributed by atoms with Crippen LogP contribution in [-0.2, 0) is 19.6 Å². The summed E-state index contributed by atoms with van der Waals surface area (Å²) in [5, 5.41) is 11.9. The number of carbonyl (C=O) groups is 2. The molecule has 1 saturated heterocycles. The molecule has 2 aromatic carbocycles. The average Bonchev–Trinajstić information content (AvgIpc) is 2.87. The monoisotopic (exact) mass is 545 g/mol. The van der Waals surface area contributed by atoms with E-state index in [0.717, 1.165) is 10.5 Å². The summed E-state index contributed by atoms with van der Waals surface area (Å²) in [7, 11) is -3.78. The van der Waals surface area contributed by atoms with Crippen LogP contribution in [0.1, 0.15) is 57.1 Å². The van der Waals surface area contributed by atoms with Gasteiger partial charge in [-0.25, -0.2) is 8.42 Å². The molecule has 1 heterocycles. The smallest absolute Gasteiger partial charge is 0.283 e. The van der Waals surface area contributed by atoms with Gasteiger partial charge in [0.15, 0.2) is 0 Å². The standard InChI is InChI=1S/C26H31N3O6S2/c1-5-37(34,35)27-25(30)21-11-8-9-15-28(21)26(31)18(4)19-13-14-24(22(16-19)29(32)33)36-23-12-7-6-10-20(23)17(2)3/h6-7,10,12-14,16-17,21H,4-5,8-9,11,15H2,1-3H3,(H,27,30). The SMILES string of the molecule is C=C(C(=O)N1CCCCC1C(=O)NS(=O)(=O)CC)c1ccc(Sc2ccccc2C(C)C)c([N+](=O)[O-])c1. The van der Waals surface area contributed by atoms with Gasteiger partial charge >= 0.3 is 0 Å². The molecule has 0 saturated carbocycles. The summed E-state index contributed by atoms with van der Waals surface area (Å²) >= 11 is 1.29. The van der Waals surface area contributed by atoms with Crippen LogP contribution in [0.2, 0.25) is 0 Å². The second-order valence-corrected chi connectivity index (χ2v) is 12.2. The Morgan fingerprint density at radius 3 is 2.54 bits per heavy atom. The summed E-state index contributed by atoms with van der Waals surface area (Å²) in [5.41, 5.74) is 1.19. The van der Waals surface area contributed by atoms with Crippen molar-refractivity contribution in [2.75, 3.05) is 12.3 Å². The van der Waals surface area contributed by atoms with Crippen molar-refractivity contribution in [3.05, 3.63) is 70.3 Å². The minimum absolute atomic E-state index is 0.000259. The van der Waals surface area contributed by atoms with Crippen molar-refractivity contribution < 1.29 is 22.9 Å². The third-order valence-electron chi connectivity index (χ3n) is 6.23. The molecule has 0 spiro atoms. The van der Waals surface area contributed by atoms with E-state index in [1.807, 2.05) is 29.0 Å². The van der Waals surface area contributed by atoms with Crippen molar-refractivity contribution in [3.8, 4) is 0 Å². The molecular weight excluding hydrogens is 514 g/mol. The third-order valence-corrected chi connectivity index (χ3v) is 8.65. The molecular formula is C26H31N3O6S2. The highest BCUT2D eigenvalue weighted by Gasteiger charge is 2.35. The molecule has 2 aromatic rings. The summed E-state index contributed by atoms with van der Waals surface area (Å²) in [4.78, 5) is 40.1. The summed E-state index contributed by atoms with van der Waals surface area (Å²) in [6.07, 6.45) is 1.62. The van der Waals surface area contributed by atoms with Gasteiger partial charge in [0.05, 0.1) is 15.6 Å². The van der Waals surface area contributed by atoms with Crippen molar-refractivity contribution in [2.45, 2.75) is 61.8 Å². The number of benzene rings is 2. The number of hydrogen-bond acceptors (Lipinski definition) is 7. The number of nitro benzene ring substituents is 1. The summed E-state index contributed by atoms with van der Waals surface area (Å²) in [6, 6.07) is 11.3. The van der Waals surface area contributed by atoms with Gasteiger partial charge < -0.3 is 4.90 Å². The Labute approximate surface area is 221 Å². The first-order valence-electron chi connectivity index (χ1n) is 12.0. The van der Waals surface area contributed by atoms with E-state index >= 15 is 0 Å². The molecule has 0 bridgehead atoms. The molecule has 1 atom stereocenters. The number of nitrogens with zero attached hydrogens (tertiary/aromatic N) is 2. The molecule has 2 amide bonds. The lowest BCUT2D eigenvalue weighted by Gasteiger charge is -2.35. The van der Waals surface area contributed by atoms with E-state index in [2.05, 4.69) is 20.4 Å². The van der Waals surface area contributed by atoms with Gasteiger partial charge in [-0.1, -0.05) is 56.5 Å². The van der Waals surface area contributed by atoms with Crippen LogP contribution in [0.3, 0.4) is 0 Å². The minimum atomic E-state index is -3.78. The predicted octanol–water partition coefficient (Wildman–Crippen LogP) is 4.73. The second kappa shape index (κ2) is 11.9. The van der Waals surface area contributed by atoms with Crippen molar-refractivity contribution >= 4 is 44.9 Å². The molecule has 3 rings (SSSR count). The number of nitro groups is 1. The van der Waals surface area contributed by atoms with E-state index < -0.39 is 32.8 Å². The van der Waals surface area contributed by atoms with Crippen molar-refractivity contribution in [1.82, 2.24) is 9.62 Å². The first-order chi connectivity index (χ1) is 17.4. The highest BCUT2D eigenvalue weighted by Crippen LogP contribution is 2.39. The number of sulfonamides is 1. The Hall–Kier alpha value is -3.18. The lowest BCUT2D eigenvalue weighted by Crippen LogP contribution is -2.53. The first kappa shape index (κ1) is 28.4. The molecule has 1 aliphatic heterocycles. The number of rotatable bonds is 9. The Bertz CT molecular complexity index is 1320. The molecule has 1 unspecified atom stereocenters. The molecule has 0 aromatic heterocycles. The molecule has 1 fully saturated rings. The molecule has 1 N–H and O–H groups in total. The van der Waals surface area contributed by atoms with Gasteiger partial charge in [-0.15, -0.1) is 0 Å². The fourth-order valence-corrected chi connectivity index (χ4v) is 5.91. The zero-order valence-corrected chi connectivity index (χ0v) is 22.7. The Morgan fingerprint density at radius 2 is 1.89 bits per heavy atom. The number of piperidine rings is 1. The van der Waals surface area contributed by atoms with Gasteiger partial charge in [0.1, 0.15) is 6.04 Å². The predicted molar refractivity (Wildman–Crippen MR) is 144 cm³/mol. The average molecular weight is 546 g/mol. The van der Waals surface area contributed by atoms with Gasteiger partial charge in [0.2, 0.25) is 10.0 Å². The molecule has 0 aliphatic carbocycles. The van der Waals surface area contributed by atoms with Crippen molar-refractivity contribution in [2.24, 2.45) is 0 Å². The fourth-order valence-electron chi connectivity index (χ4n) is 4.14. The lowest BCUT2D eigenvalue weighted by molar-refractivity contribution is -0.387. The van der Waals surface area contributed by atoms with Crippen molar-refractivity contribution in [3.63, 3.8) is 0 Å². The molecule has 9 nitrogen and oxygen atoms in total. The summed E-state index contributed by atoms with van der Waals surface area (Å²) in [6.45, 7) is 9.64. The molecule has 1 aliphatic rings. The maximum atomic E-state index is 13.3. The number of nitrogens with one attached hydrogen (secondary N) is 1. The first-order valence-corrected chi connectivity index (χ1v) is 14.5. The summed E-state index contributed by atoms with van der Waals surface area (Å²) < 4.78 is 25.8. The van der Waals surface area contributed by atoms with Gasteiger partial charge in [-0.2, -0.15) is 0 Å². The number of likely N-dealkylation sites (tertiary alicyclic amines) is 1. The Kier molecular flexibility index (Phi) is 9.14. The number of carbonyl (C=O) groups excluding carboxylic acids is 2. The van der Waals surface area contributed by atoms with Crippen LogP contribution in [0.25, 0.3) is 5.57 Å². The van der Waals surface area contributed by atoms with Crippen LogP contribution in [0.4, 0.5) is 5.69 Å². The third kappa shape index (κ3) is 6.78. The van der Waals surface area contributed by atoms with Crippen LogP contribution in [0, 0.1) is 10.1 Å². The van der Waals surface area contributed by atoms with Gasteiger partial charge in [0, 0.05) is 23.1 Å². The maximum Gasteiger partial charge on any atom is 0.283 e. The van der Waals surface area contributed by atoms with Gasteiger partial charge in [-0.05, 0) is 55.4 Å². The normalized spacial score (nSPS) is 15.9. The lowest BCUT2D eigenvalue weighted by atomic mass is 9.98. The van der Waals surface area contributed by atoms with E-state index in [4.69, 9.17) is 0 Å². The molecule has 37 heavy (non-hydrogen) atoms. The maximum absolute atomic E-state index is 13.3. The van der Waals surface area contributed by atoms with E-state index in [0.29, 0.717) is 24.2 Å². The van der Waals surface area contributed by atoms with Gasteiger partial charge in [0.25, 0.3) is 17.5 Å². The van der Waals surface area contributed by atoms with Crippen LogP contribution in [0.5, 0.6) is 0 Å². The van der Waals surface area contributed by atoms with E-state index in [-0.39, 0.29) is 35.0 Å². The highest BCUT2D eigenvalue weighted by molar-refractivity contribution is 7.99. The quantitative estimate of drug-likeness (QED) is 0.274. The highest BCUT2D eigenvalue weighted by atomic mass is 32.2. The van der Waals surface area contributed by atoms with Crippen LogP contribution in [0.15, 0.2) is 58.8 Å². The van der Waals surface area contributed by atoms with Crippen LogP contribution in [-0.4, -0.2) is 48.4 Å². The van der Waals surface area contributed by atoms with Crippen LogP contribution < -0.4 is 4.72 Å². The Morgan fingerprint density at radius 1 is 1.19 bits per heavy atom. The Balaban J connectivity index is 1.88. The number of amides is 2. The largest absolute Gasteiger partial charge is 0.327 e. The minimum Gasteiger partial charge on any atom is -0.327 e. The fraction of sp³-hybridized carbons (Fsp3) is 0.385. The zero-order chi connectivity index (χ0) is 27.3. The van der Waals surface area contributed by atoms with E-state index in [1.54, 1.807) is 12.1 Å². The molecule has 198 valence electrons. The van der Waals surface area contributed by atoms with E-state index in [9.17, 15) is 28.1 Å².